The number of nitriles is 1. The minimum absolute atomic E-state index is 0.590. The highest BCUT2D eigenvalue weighted by atomic mass is 15.2. The van der Waals surface area contributed by atoms with E-state index in [1.807, 2.05) is 0 Å². The average molecular weight is 214 g/mol. The van der Waals surface area contributed by atoms with Gasteiger partial charge in [-0.1, -0.05) is 0 Å². The molecule has 0 aliphatic rings. The number of rotatable bonds is 4. The molecular formula is C10H10N6. The van der Waals surface area contributed by atoms with Crippen molar-refractivity contribution in [2.75, 3.05) is 11.9 Å². The van der Waals surface area contributed by atoms with Crippen molar-refractivity contribution < 1.29 is 0 Å². The quantitative estimate of drug-likeness (QED) is 0.782. The third kappa shape index (κ3) is 2.33. The lowest BCUT2D eigenvalue weighted by Crippen LogP contribution is -2.07. The van der Waals surface area contributed by atoms with E-state index in [9.17, 15) is 0 Å². The summed E-state index contributed by atoms with van der Waals surface area (Å²) in [6.45, 7) is 0.676. The molecule has 2 aromatic heterocycles. The zero-order valence-electron chi connectivity index (χ0n) is 8.51. The summed E-state index contributed by atoms with van der Waals surface area (Å²) in [6, 6.07) is 3.78. The standard InChI is InChI=1S/C10H10N6/c11-5-8-1-3-12-6-9(8)13-4-2-10-14-7-15-16-10/h1,3,6-7,13H,2,4H2,(H,14,15,16). The van der Waals surface area contributed by atoms with Gasteiger partial charge in [-0.15, -0.1) is 0 Å². The minimum Gasteiger partial charge on any atom is -0.382 e. The molecule has 0 unspecified atom stereocenters. The van der Waals surface area contributed by atoms with Crippen LogP contribution in [0, 0.1) is 11.3 Å². The Morgan fingerprint density at radius 2 is 2.44 bits per heavy atom. The maximum atomic E-state index is 8.86. The van der Waals surface area contributed by atoms with E-state index in [-0.39, 0.29) is 0 Å². The predicted octanol–water partition coefficient (Wildman–Crippen LogP) is 0.726. The molecule has 2 aromatic rings. The van der Waals surface area contributed by atoms with Gasteiger partial charge in [0.15, 0.2) is 0 Å². The van der Waals surface area contributed by atoms with Gasteiger partial charge in [-0.25, -0.2) is 4.98 Å². The lowest BCUT2D eigenvalue weighted by Gasteiger charge is -2.05. The molecule has 16 heavy (non-hydrogen) atoms. The molecule has 0 saturated heterocycles. The monoisotopic (exact) mass is 214 g/mol. The molecule has 0 bridgehead atoms. The molecule has 0 fully saturated rings. The van der Waals surface area contributed by atoms with Gasteiger partial charge in [0.05, 0.1) is 17.4 Å². The summed E-state index contributed by atoms with van der Waals surface area (Å²) in [7, 11) is 0. The van der Waals surface area contributed by atoms with Gasteiger partial charge in [-0.3, -0.25) is 10.1 Å². The number of nitrogens with one attached hydrogen (secondary N) is 2. The lowest BCUT2D eigenvalue weighted by molar-refractivity contribution is 0.900. The van der Waals surface area contributed by atoms with Gasteiger partial charge >= 0.3 is 0 Å². The first kappa shape index (κ1) is 10.1. The number of aromatic nitrogens is 4. The summed E-state index contributed by atoms with van der Waals surface area (Å²) in [4.78, 5) is 7.96. The Labute approximate surface area is 92.4 Å². The Hall–Kier alpha value is -2.42. The molecule has 0 atom stereocenters. The highest BCUT2D eigenvalue weighted by Gasteiger charge is 2.01. The fourth-order valence-corrected chi connectivity index (χ4v) is 1.30. The van der Waals surface area contributed by atoms with E-state index in [1.54, 1.807) is 18.5 Å². The molecule has 0 aromatic carbocycles. The fourth-order valence-electron chi connectivity index (χ4n) is 1.30. The summed E-state index contributed by atoms with van der Waals surface area (Å²) in [5, 5.41) is 18.5. The van der Waals surface area contributed by atoms with Crippen LogP contribution >= 0.6 is 0 Å². The Balaban J connectivity index is 1.93. The van der Waals surface area contributed by atoms with E-state index in [0.29, 0.717) is 12.1 Å². The number of aromatic amines is 1. The number of pyridine rings is 1. The first-order valence-electron chi connectivity index (χ1n) is 4.82. The van der Waals surface area contributed by atoms with Crippen LogP contribution in [0.3, 0.4) is 0 Å². The van der Waals surface area contributed by atoms with Gasteiger partial charge < -0.3 is 5.32 Å². The van der Waals surface area contributed by atoms with Crippen LogP contribution in [-0.4, -0.2) is 26.7 Å². The van der Waals surface area contributed by atoms with Crippen LogP contribution in [0.5, 0.6) is 0 Å². The van der Waals surface area contributed by atoms with Crippen molar-refractivity contribution in [1.82, 2.24) is 20.2 Å². The molecule has 0 aliphatic heterocycles. The molecule has 2 rings (SSSR count). The van der Waals surface area contributed by atoms with E-state index in [4.69, 9.17) is 5.26 Å². The molecule has 2 N–H and O–H groups in total. The maximum absolute atomic E-state index is 8.86. The van der Waals surface area contributed by atoms with E-state index in [0.717, 1.165) is 17.9 Å². The normalized spacial score (nSPS) is 9.69. The van der Waals surface area contributed by atoms with Gasteiger partial charge in [0.2, 0.25) is 0 Å². The van der Waals surface area contributed by atoms with Crippen molar-refractivity contribution in [3.8, 4) is 6.07 Å². The number of anilines is 1. The van der Waals surface area contributed by atoms with E-state index >= 15 is 0 Å². The Kier molecular flexibility index (Phi) is 3.09. The van der Waals surface area contributed by atoms with Crippen molar-refractivity contribution in [3.63, 3.8) is 0 Å². The van der Waals surface area contributed by atoms with Gasteiger partial charge in [0, 0.05) is 19.2 Å². The average Bonchev–Trinajstić information content (AvgIpc) is 2.83. The second-order valence-electron chi connectivity index (χ2n) is 3.14. The molecule has 2 heterocycles. The molecule has 0 spiro atoms. The largest absolute Gasteiger partial charge is 0.382 e. The van der Waals surface area contributed by atoms with E-state index in [1.165, 1.54) is 6.33 Å². The number of nitrogens with zero attached hydrogens (tertiary/aromatic N) is 4. The zero-order valence-corrected chi connectivity index (χ0v) is 8.51. The second kappa shape index (κ2) is 4.89. The molecule has 0 aliphatic carbocycles. The number of hydrogen-bond donors (Lipinski definition) is 2. The van der Waals surface area contributed by atoms with Crippen LogP contribution in [0.1, 0.15) is 11.4 Å². The summed E-state index contributed by atoms with van der Waals surface area (Å²) >= 11 is 0. The molecule has 6 heteroatoms. The Morgan fingerprint density at radius 3 is 3.19 bits per heavy atom. The van der Waals surface area contributed by atoms with Crippen LogP contribution in [0.2, 0.25) is 0 Å². The van der Waals surface area contributed by atoms with E-state index in [2.05, 4.69) is 31.6 Å². The smallest absolute Gasteiger partial charge is 0.137 e. The van der Waals surface area contributed by atoms with Gasteiger partial charge in [-0.2, -0.15) is 10.4 Å². The molecule has 6 nitrogen and oxygen atoms in total. The number of hydrogen-bond acceptors (Lipinski definition) is 5. The third-order valence-electron chi connectivity index (χ3n) is 2.08. The Bertz CT molecular complexity index is 484. The third-order valence-corrected chi connectivity index (χ3v) is 2.08. The molecule has 0 saturated carbocycles. The second-order valence-corrected chi connectivity index (χ2v) is 3.14. The van der Waals surface area contributed by atoms with Crippen LogP contribution in [0.25, 0.3) is 0 Å². The van der Waals surface area contributed by atoms with Crippen molar-refractivity contribution in [2.24, 2.45) is 0 Å². The SMILES string of the molecule is N#Cc1ccncc1NCCc1ncn[nH]1. The fraction of sp³-hybridized carbons (Fsp3) is 0.200. The van der Waals surface area contributed by atoms with Gasteiger partial charge in [0.25, 0.3) is 0 Å². The van der Waals surface area contributed by atoms with Crippen LogP contribution in [0.4, 0.5) is 5.69 Å². The van der Waals surface area contributed by atoms with Crippen LogP contribution in [-0.2, 0) is 6.42 Å². The van der Waals surface area contributed by atoms with Crippen molar-refractivity contribution in [3.05, 3.63) is 36.2 Å². The van der Waals surface area contributed by atoms with Gasteiger partial charge in [-0.05, 0) is 6.07 Å². The summed E-state index contributed by atoms with van der Waals surface area (Å²) in [5.41, 5.74) is 1.33. The first-order valence-corrected chi connectivity index (χ1v) is 4.82. The van der Waals surface area contributed by atoms with Crippen LogP contribution < -0.4 is 5.32 Å². The van der Waals surface area contributed by atoms with Crippen molar-refractivity contribution in [1.29, 1.82) is 5.26 Å². The molecule has 0 radical (unpaired) electrons. The van der Waals surface area contributed by atoms with Gasteiger partial charge in [0.1, 0.15) is 18.2 Å². The highest BCUT2D eigenvalue weighted by Crippen LogP contribution is 2.11. The maximum Gasteiger partial charge on any atom is 0.137 e. The molecular weight excluding hydrogens is 204 g/mol. The van der Waals surface area contributed by atoms with E-state index < -0.39 is 0 Å². The molecule has 80 valence electrons. The summed E-state index contributed by atoms with van der Waals surface area (Å²) in [5.74, 6) is 0.815. The lowest BCUT2D eigenvalue weighted by atomic mass is 10.2. The predicted molar refractivity (Wildman–Crippen MR) is 57.5 cm³/mol. The first-order chi connectivity index (χ1) is 7.90. The number of H-pyrrole nitrogens is 1. The highest BCUT2D eigenvalue weighted by molar-refractivity contribution is 5.55. The van der Waals surface area contributed by atoms with Crippen molar-refractivity contribution in [2.45, 2.75) is 6.42 Å². The van der Waals surface area contributed by atoms with Crippen molar-refractivity contribution >= 4 is 5.69 Å². The summed E-state index contributed by atoms with van der Waals surface area (Å²) in [6.07, 6.45) is 5.43. The topological polar surface area (TPSA) is 90.3 Å². The van der Waals surface area contributed by atoms with Crippen LogP contribution in [0.15, 0.2) is 24.8 Å². The Morgan fingerprint density at radius 1 is 1.50 bits per heavy atom. The zero-order chi connectivity index (χ0) is 11.2. The summed E-state index contributed by atoms with van der Waals surface area (Å²) < 4.78 is 0. The molecule has 0 amide bonds. The minimum atomic E-state index is 0.590.